The number of amides is 1. The molecule has 1 amide bonds. The minimum absolute atomic E-state index is 0.267. The Morgan fingerprint density at radius 2 is 1.94 bits per heavy atom. The van der Waals surface area contributed by atoms with Crippen molar-refractivity contribution in [2.45, 2.75) is 32.9 Å². The molecule has 0 aliphatic carbocycles. The molecule has 1 N–H and O–H groups in total. The van der Waals surface area contributed by atoms with Gasteiger partial charge in [-0.1, -0.05) is 6.07 Å². The zero-order valence-electron chi connectivity index (χ0n) is 19.0. The molecule has 0 fully saturated rings. The minimum atomic E-state index is -0.441. The topological polar surface area (TPSA) is 86.3 Å². The number of anilines is 2. The number of ether oxygens (including phenoxy) is 4. The lowest BCUT2D eigenvalue weighted by Crippen LogP contribution is -2.45. The summed E-state index contributed by atoms with van der Waals surface area (Å²) >= 11 is 0. The first-order valence-electron chi connectivity index (χ1n) is 10.5. The highest BCUT2D eigenvalue weighted by molar-refractivity contribution is 5.93. The summed E-state index contributed by atoms with van der Waals surface area (Å²) < 4.78 is 21.3. The summed E-state index contributed by atoms with van der Waals surface area (Å²) in [7, 11) is 1.37. The molecule has 0 spiro atoms. The number of esters is 1. The van der Waals surface area contributed by atoms with Gasteiger partial charge < -0.3 is 24.3 Å². The third-order valence-corrected chi connectivity index (χ3v) is 4.86. The molecule has 2 aromatic rings. The van der Waals surface area contributed by atoms with Gasteiger partial charge in [0.15, 0.2) is 0 Å². The summed E-state index contributed by atoms with van der Waals surface area (Å²) in [6, 6.07) is 12.9. The maximum atomic E-state index is 12.2. The lowest BCUT2D eigenvalue weighted by atomic mass is 10.1. The van der Waals surface area contributed by atoms with Gasteiger partial charge >= 0.3 is 12.1 Å². The van der Waals surface area contributed by atoms with Crippen LogP contribution >= 0.6 is 0 Å². The molecule has 0 unspecified atom stereocenters. The highest BCUT2D eigenvalue weighted by atomic mass is 16.5. The third-order valence-electron chi connectivity index (χ3n) is 4.86. The predicted molar refractivity (Wildman–Crippen MR) is 121 cm³/mol. The van der Waals surface area contributed by atoms with Crippen molar-refractivity contribution in [2.75, 3.05) is 43.7 Å². The van der Waals surface area contributed by atoms with Gasteiger partial charge in [-0.3, -0.25) is 4.90 Å². The molecule has 0 radical (unpaired) electrons. The first-order valence-corrected chi connectivity index (χ1v) is 10.5. The van der Waals surface area contributed by atoms with Crippen LogP contribution in [0.5, 0.6) is 5.75 Å². The zero-order chi connectivity index (χ0) is 23.1. The van der Waals surface area contributed by atoms with Crippen molar-refractivity contribution in [2.24, 2.45) is 0 Å². The van der Waals surface area contributed by atoms with Gasteiger partial charge in [-0.25, -0.2) is 9.59 Å². The molecule has 0 saturated heterocycles. The summed E-state index contributed by atoms with van der Waals surface area (Å²) in [5, 5.41) is 3.27. The van der Waals surface area contributed by atoms with Crippen LogP contribution in [0.3, 0.4) is 0 Å². The van der Waals surface area contributed by atoms with E-state index in [-0.39, 0.29) is 5.97 Å². The highest BCUT2D eigenvalue weighted by Gasteiger charge is 2.29. The lowest BCUT2D eigenvalue weighted by Gasteiger charge is -2.34. The average molecular weight is 443 g/mol. The average Bonchev–Trinajstić information content (AvgIpc) is 3.12. The Hall–Kier alpha value is -3.26. The molecule has 0 aromatic heterocycles. The molecule has 8 nitrogen and oxygen atoms in total. The predicted octanol–water partition coefficient (Wildman–Crippen LogP) is 4.24. The molecule has 3 rings (SSSR count). The maximum absolute atomic E-state index is 12.2. The monoisotopic (exact) mass is 442 g/mol. The van der Waals surface area contributed by atoms with E-state index >= 15 is 0 Å². The Kier molecular flexibility index (Phi) is 7.58. The molecule has 1 aliphatic heterocycles. The SMILES string of the molecule is COC(=O)N(c1cccc(OCCOCCNc2ccc3c(c2)COC3=O)c1)C(C)(C)C. The van der Waals surface area contributed by atoms with Gasteiger partial charge in [-0.15, -0.1) is 0 Å². The molecule has 2 aromatic carbocycles. The van der Waals surface area contributed by atoms with E-state index in [4.69, 9.17) is 18.9 Å². The van der Waals surface area contributed by atoms with Crippen molar-refractivity contribution >= 4 is 23.4 Å². The van der Waals surface area contributed by atoms with Crippen molar-refractivity contribution in [1.29, 1.82) is 0 Å². The number of benzene rings is 2. The largest absolute Gasteiger partial charge is 0.491 e. The maximum Gasteiger partial charge on any atom is 0.414 e. The number of hydrogen-bond acceptors (Lipinski definition) is 7. The molecule has 0 atom stereocenters. The van der Waals surface area contributed by atoms with Crippen LogP contribution in [0, 0.1) is 0 Å². The van der Waals surface area contributed by atoms with Crippen LogP contribution in [0.15, 0.2) is 42.5 Å². The molecule has 0 bridgehead atoms. The summed E-state index contributed by atoms with van der Waals surface area (Å²) in [5.41, 5.74) is 2.71. The standard InChI is InChI=1S/C24H30N2O6/c1-24(2,3)26(23(28)29-4)19-6-5-7-20(15-19)31-13-12-30-11-10-25-18-8-9-21-17(14-18)16-32-22(21)27/h5-9,14-15,25H,10-13,16H2,1-4H3. The van der Waals surface area contributed by atoms with Crippen LogP contribution < -0.4 is 15.0 Å². The summed E-state index contributed by atoms with van der Waals surface area (Å²) in [4.78, 5) is 25.3. The van der Waals surface area contributed by atoms with Crippen LogP contribution in [0.2, 0.25) is 0 Å². The van der Waals surface area contributed by atoms with Gasteiger partial charge in [0.05, 0.1) is 31.6 Å². The van der Waals surface area contributed by atoms with Crippen molar-refractivity contribution < 1.29 is 28.5 Å². The van der Waals surface area contributed by atoms with Crippen molar-refractivity contribution in [1.82, 2.24) is 0 Å². The molecule has 172 valence electrons. The fraction of sp³-hybridized carbons (Fsp3) is 0.417. The van der Waals surface area contributed by atoms with Crippen molar-refractivity contribution in [3.63, 3.8) is 0 Å². The summed E-state index contributed by atoms with van der Waals surface area (Å²) in [6.07, 6.45) is -0.423. The van der Waals surface area contributed by atoms with E-state index in [1.54, 1.807) is 11.0 Å². The number of nitrogens with one attached hydrogen (secondary N) is 1. The number of rotatable bonds is 9. The molecular weight excluding hydrogens is 412 g/mol. The molecule has 1 heterocycles. The number of methoxy groups -OCH3 is 1. The third kappa shape index (κ3) is 5.91. The quantitative estimate of drug-likeness (QED) is 0.459. The summed E-state index contributed by atoms with van der Waals surface area (Å²) in [6.45, 7) is 8.10. The second-order valence-corrected chi connectivity index (χ2v) is 8.31. The number of nitrogens with zero attached hydrogens (tertiary/aromatic N) is 1. The van der Waals surface area contributed by atoms with Crippen molar-refractivity contribution in [3.8, 4) is 5.75 Å². The zero-order valence-corrected chi connectivity index (χ0v) is 19.0. The van der Waals surface area contributed by atoms with Gasteiger partial charge in [-0.05, 0) is 51.1 Å². The van der Waals surface area contributed by atoms with E-state index in [2.05, 4.69) is 5.32 Å². The number of cyclic esters (lactones) is 1. The Labute approximate surface area is 188 Å². The number of hydrogen-bond donors (Lipinski definition) is 1. The molecule has 0 saturated carbocycles. The van der Waals surface area contributed by atoms with Crippen LogP contribution in [0.1, 0.15) is 36.7 Å². The van der Waals surface area contributed by atoms with Crippen LogP contribution in [-0.4, -0.2) is 51.1 Å². The fourth-order valence-electron chi connectivity index (χ4n) is 3.40. The fourth-order valence-corrected chi connectivity index (χ4v) is 3.40. The van der Waals surface area contributed by atoms with E-state index in [1.807, 2.05) is 57.2 Å². The molecule has 32 heavy (non-hydrogen) atoms. The number of carbonyl (C=O) groups is 2. The number of carbonyl (C=O) groups excluding carboxylic acids is 2. The molecular formula is C24H30N2O6. The Bertz CT molecular complexity index is 954. The number of fused-ring (bicyclic) bond motifs is 1. The smallest absolute Gasteiger partial charge is 0.414 e. The van der Waals surface area contributed by atoms with E-state index in [0.717, 1.165) is 11.3 Å². The van der Waals surface area contributed by atoms with E-state index in [0.29, 0.717) is 50.0 Å². The Morgan fingerprint density at radius 3 is 2.69 bits per heavy atom. The highest BCUT2D eigenvalue weighted by Crippen LogP contribution is 2.28. The minimum Gasteiger partial charge on any atom is -0.491 e. The first kappa shape index (κ1) is 23.4. The van der Waals surface area contributed by atoms with Gasteiger partial charge in [-0.2, -0.15) is 0 Å². The Morgan fingerprint density at radius 1 is 1.12 bits per heavy atom. The molecule has 8 heteroatoms. The van der Waals surface area contributed by atoms with Crippen molar-refractivity contribution in [3.05, 3.63) is 53.6 Å². The van der Waals surface area contributed by atoms with Crippen LogP contribution in [-0.2, 0) is 20.8 Å². The van der Waals surface area contributed by atoms with Crippen LogP contribution in [0.25, 0.3) is 0 Å². The first-order chi connectivity index (χ1) is 15.3. The van der Waals surface area contributed by atoms with E-state index in [9.17, 15) is 9.59 Å². The normalized spacial score (nSPS) is 12.7. The second-order valence-electron chi connectivity index (χ2n) is 8.31. The second kappa shape index (κ2) is 10.4. The Balaban J connectivity index is 1.40. The van der Waals surface area contributed by atoms with Gasteiger partial charge in [0.1, 0.15) is 19.0 Å². The van der Waals surface area contributed by atoms with E-state index in [1.165, 1.54) is 7.11 Å². The summed E-state index contributed by atoms with van der Waals surface area (Å²) in [5.74, 6) is 0.383. The van der Waals surface area contributed by atoms with Gasteiger partial charge in [0.2, 0.25) is 0 Å². The van der Waals surface area contributed by atoms with Gasteiger partial charge in [0, 0.05) is 29.4 Å². The van der Waals surface area contributed by atoms with E-state index < -0.39 is 11.6 Å². The van der Waals surface area contributed by atoms with Crippen LogP contribution in [0.4, 0.5) is 16.2 Å². The lowest BCUT2D eigenvalue weighted by molar-refractivity contribution is 0.0535. The van der Waals surface area contributed by atoms with Gasteiger partial charge in [0.25, 0.3) is 0 Å². The molecule has 1 aliphatic rings.